The molecule has 1 amide bonds. The monoisotopic (exact) mass is 1000 g/mol. The summed E-state index contributed by atoms with van der Waals surface area (Å²) in [5, 5.41) is 6.65. The number of carbonyl (C=O) groups excluding carboxylic acids is 6. The van der Waals surface area contributed by atoms with Crippen molar-refractivity contribution in [2.24, 2.45) is 5.11 Å². The predicted molar refractivity (Wildman–Crippen MR) is 247 cm³/mol. The van der Waals surface area contributed by atoms with Crippen molar-refractivity contribution in [2.75, 3.05) is 19.8 Å². The number of hydrogen-bond donors (Lipinski definition) is 1. The van der Waals surface area contributed by atoms with E-state index in [9.17, 15) is 34.3 Å². The summed E-state index contributed by atoms with van der Waals surface area (Å²) in [5.74, 6) is -4.58. The third-order valence-electron chi connectivity index (χ3n) is 11.9. The Hall–Kier alpha value is -6.65. The van der Waals surface area contributed by atoms with Gasteiger partial charge in [0, 0.05) is 44.1 Å². The molecule has 3 aromatic carbocycles. The summed E-state index contributed by atoms with van der Waals surface area (Å²) in [6.07, 6.45) is -16.8. The van der Waals surface area contributed by atoms with Crippen LogP contribution in [0.4, 0.5) is 4.79 Å². The minimum Gasteiger partial charge on any atom is -0.463 e. The number of ether oxygens (including phenoxy) is 12. The number of benzene rings is 3. The van der Waals surface area contributed by atoms with E-state index in [1.54, 1.807) is 51.1 Å². The number of esters is 5. The van der Waals surface area contributed by atoms with Crippen molar-refractivity contribution in [3.8, 4) is 11.1 Å². The third kappa shape index (κ3) is 12.9. The SMILES string of the molecule is CC(=O)OC[C@H]1O[C@@H](O[C@@H]2[C@@H](N=[N+]=[N-])[C@@H](O[C@H](C)[C@H](NC(=O)OCC3c4ccccc4-c4ccccc43)C(=O)OC(C)(C)C)O[C@@H]3CO[C@H](c4ccccc4)O[C@H]23)[C@H](OC(C)=O)[C@@H](OC(C)=O)[C@H]1OC(C)=O. The molecular formula is C50H58N4O18. The maximum absolute atomic E-state index is 14.0. The van der Waals surface area contributed by atoms with Gasteiger partial charge in [0.25, 0.3) is 0 Å². The van der Waals surface area contributed by atoms with Crippen LogP contribution in [0.15, 0.2) is 84.0 Å². The summed E-state index contributed by atoms with van der Waals surface area (Å²) >= 11 is 0. The first-order valence-corrected chi connectivity index (χ1v) is 23.3. The second kappa shape index (κ2) is 23.3. The Labute approximate surface area is 414 Å². The zero-order valence-electron chi connectivity index (χ0n) is 40.9. The van der Waals surface area contributed by atoms with Crippen LogP contribution in [0, 0.1) is 0 Å². The zero-order chi connectivity index (χ0) is 51.9. The maximum atomic E-state index is 14.0. The Morgan fingerprint density at radius 1 is 0.722 bits per heavy atom. The van der Waals surface area contributed by atoms with Gasteiger partial charge in [0.05, 0.1) is 12.7 Å². The average molecular weight is 1000 g/mol. The van der Waals surface area contributed by atoms with Gasteiger partial charge in [-0.05, 0) is 55.5 Å². The molecule has 0 bridgehead atoms. The van der Waals surface area contributed by atoms with Gasteiger partial charge in [0.1, 0.15) is 49.3 Å². The fourth-order valence-corrected chi connectivity index (χ4v) is 9.03. The van der Waals surface area contributed by atoms with Crippen LogP contribution in [-0.2, 0) is 80.8 Å². The first-order chi connectivity index (χ1) is 34.3. The van der Waals surface area contributed by atoms with Gasteiger partial charge >= 0.3 is 35.9 Å². The molecule has 1 aliphatic carbocycles. The topological polar surface area (TPSA) is 274 Å². The number of fused-ring (bicyclic) bond motifs is 4. The number of carbonyl (C=O) groups is 6. The molecule has 0 unspecified atom stereocenters. The molecule has 0 aromatic heterocycles. The number of nitrogens with zero attached hydrogens (tertiary/aromatic N) is 3. The molecule has 1 N–H and O–H groups in total. The van der Waals surface area contributed by atoms with Gasteiger partial charge in [-0.25, -0.2) is 9.59 Å². The van der Waals surface area contributed by atoms with E-state index >= 15 is 0 Å². The molecule has 7 rings (SSSR count). The Morgan fingerprint density at radius 3 is 1.92 bits per heavy atom. The number of azide groups is 1. The number of rotatable bonds is 16. The Morgan fingerprint density at radius 2 is 1.32 bits per heavy atom. The zero-order valence-corrected chi connectivity index (χ0v) is 40.9. The molecule has 0 saturated carbocycles. The maximum Gasteiger partial charge on any atom is 0.407 e. The minimum atomic E-state index is -1.78. The summed E-state index contributed by atoms with van der Waals surface area (Å²) < 4.78 is 72.2. The molecule has 13 atom stereocenters. The highest BCUT2D eigenvalue weighted by molar-refractivity contribution is 5.83. The molecule has 0 spiro atoms. The number of nitrogens with one attached hydrogen (secondary N) is 1. The van der Waals surface area contributed by atoms with Gasteiger partial charge in [-0.15, -0.1) is 0 Å². The fraction of sp³-hybridized carbons (Fsp3) is 0.520. The summed E-state index contributed by atoms with van der Waals surface area (Å²) in [5.41, 5.74) is 13.7. The lowest BCUT2D eigenvalue weighted by molar-refractivity contribution is -0.379. The average Bonchev–Trinajstić information content (AvgIpc) is 3.64. The highest BCUT2D eigenvalue weighted by Crippen LogP contribution is 2.45. The normalized spacial score (nSPS) is 27.4. The largest absolute Gasteiger partial charge is 0.463 e. The second-order valence-electron chi connectivity index (χ2n) is 18.4. The number of amides is 1. The van der Waals surface area contributed by atoms with Crippen LogP contribution in [0.3, 0.4) is 0 Å². The molecule has 3 heterocycles. The molecule has 3 aromatic rings. The van der Waals surface area contributed by atoms with Crippen LogP contribution in [0.2, 0.25) is 0 Å². The summed E-state index contributed by atoms with van der Waals surface area (Å²) in [7, 11) is 0. The molecule has 386 valence electrons. The Balaban J connectivity index is 1.21. The van der Waals surface area contributed by atoms with Crippen LogP contribution in [0.1, 0.15) is 84.3 Å². The van der Waals surface area contributed by atoms with E-state index < -0.39 is 128 Å². The summed E-state index contributed by atoms with van der Waals surface area (Å²) in [4.78, 5) is 80.9. The van der Waals surface area contributed by atoms with Crippen molar-refractivity contribution < 1.29 is 85.6 Å². The van der Waals surface area contributed by atoms with E-state index in [0.717, 1.165) is 49.9 Å². The lowest BCUT2D eigenvalue weighted by Crippen LogP contribution is -2.67. The van der Waals surface area contributed by atoms with Gasteiger partial charge in [-0.1, -0.05) is 84.0 Å². The molecule has 0 radical (unpaired) electrons. The van der Waals surface area contributed by atoms with Crippen molar-refractivity contribution in [2.45, 2.75) is 147 Å². The molecule has 72 heavy (non-hydrogen) atoms. The van der Waals surface area contributed by atoms with Crippen LogP contribution in [-0.4, -0.2) is 135 Å². The highest BCUT2D eigenvalue weighted by Gasteiger charge is 2.58. The molecule has 3 fully saturated rings. The van der Waals surface area contributed by atoms with Gasteiger partial charge in [0.15, 0.2) is 43.2 Å². The van der Waals surface area contributed by atoms with Gasteiger partial charge in [-0.3, -0.25) is 19.2 Å². The van der Waals surface area contributed by atoms with E-state index in [1.807, 2.05) is 48.5 Å². The molecule has 4 aliphatic rings. The standard InChI is InChI=1S/C50H58N4O18/c1-25(38(45(59)72-50(6,7)8)52-49(60)63-22-35-33-20-14-12-18-31(33)32-19-13-15-21-34(32)35)64-47-39(53-54-51)42(40-37(68-47)24-62-46(70-40)30-16-10-9-11-17-30)71-48-44(67-29(5)58)43(66-28(4)57)41(65-27(3)56)36(69-48)23-61-26(2)55/h9-21,25,35-44,46-48H,22-24H2,1-8H3,(H,52,60)/t25-,36-,37-,38+,39-,40+,41+,42-,43+,44-,46+,47+,48+/m1/s1. The van der Waals surface area contributed by atoms with E-state index in [1.165, 1.54) is 6.92 Å². The lowest BCUT2D eigenvalue weighted by Gasteiger charge is -2.51. The summed E-state index contributed by atoms with van der Waals surface area (Å²) in [6, 6.07) is 21.3. The molecule has 3 aliphatic heterocycles. The van der Waals surface area contributed by atoms with E-state index in [0.29, 0.717) is 5.56 Å². The highest BCUT2D eigenvalue weighted by atomic mass is 16.8. The van der Waals surface area contributed by atoms with Crippen molar-refractivity contribution in [3.05, 3.63) is 106 Å². The molecule has 22 nitrogen and oxygen atoms in total. The Kier molecular flexibility index (Phi) is 17.2. The van der Waals surface area contributed by atoms with E-state index in [4.69, 9.17) is 56.8 Å². The summed E-state index contributed by atoms with van der Waals surface area (Å²) in [6.45, 7) is 9.91. The molecule has 3 saturated heterocycles. The van der Waals surface area contributed by atoms with E-state index in [2.05, 4.69) is 15.3 Å². The van der Waals surface area contributed by atoms with Gasteiger partial charge in [-0.2, -0.15) is 0 Å². The predicted octanol–water partition coefficient (Wildman–Crippen LogP) is 5.63. The van der Waals surface area contributed by atoms with Crippen molar-refractivity contribution >= 4 is 35.9 Å². The van der Waals surface area contributed by atoms with Crippen molar-refractivity contribution in [1.29, 1.82) is 0 Å². The smallest absolute Gasteiger partial charge is 0.407 e. The van der Waals surface area contributed by atoms with Gasteiger partial charge < -0.3 is 62.2 Å². The quantitative estimate of drug-likeness (QED) is 0.0599. The number of alkyl carbamates (subject to hydrolysis) is 1. The van der Waals surface area contributed by atoms with Crippen molar-refractivity contribution in [3.63, 3.8) is 0 Å². The van der Waals surface area contributed by atoms with Crippen molar-refractivity contribution in [1.82, 2.24) is 5.32 Å². The first kappa shape index (κ1) is 53.2. The minimum absolute atomic E-state index is 0.0772. The van der Waals surface area contributed by atoms with Gasteiger partial charge in [0.2, 0.25) is 0 Å². The number of hydrogen-bond acceptors (Lipinski definition) is 19. The lowest BCUT2D eigenvalue weighted by atomic mass is 9.94. The molecular weight excluding hydrogens is 945 g/mol. The molecule has 22 heteroatoms. The van der Waals surface area contributed by atoms with E-state index in [-0.39, 0.29) is 19.1 Å². The van der Waals surface area contributed by atoms with Crippen LogP contribution in [0.25, 0.3) is 21.6 Å². The third-order valence-corrected chi connectivity index (χ3v) is 11.9. The Bertz CT molecular complexity index is 2450. The van der Waals surface area contributed by atoms with Crippen LogP contribution < -0.4 is 5.32 Å². The van der Waals surface area contributed by atoms with Crippen LogP contribution >= 0.6 is 0 Å². The second-order valence-corrected chi connectivity index (χ2v) is 18.4. The first-order valence-electron chi connectivity index (χ1n) is 23.3. The van der Waals surface area contributed by atoms with Crippen LogP contribution in [0.5, 0.6) is 0 Å². The fourth-order valence-electron chi connectivity index (χ4n) is 9.03.